The molecule has 5 amide bonds. The Bertz CT molecular complexity index is 1240. The Kier molecular flexibility index (Phi) is 14.3. The minimum absolute atomic E-state index is 0.0527. The van der Waals surface area contributed by atoms with E-state index in [2.05, 4.69) is 26.5 Å². The minimum atomic E-state index is -1.49. The van der Waals surface area contributed by atoms with Crippen molar-refractivity contribution in [3.8, 4) is 0 Å². The number of nitrogens with zero attached hydrogens (tertiary/aromatic N) is 3. The van der Waals surface area contributed by atoms with Crippen LogP contribution in [0.5, 0.6) is 0 Å². The molecule has 0 spiro atoms. The normalized spacial score (nSPS) is 26.9. The number of carbonyl (C=O) groups is 7. The number of rotatable bonds is 11. The Balaban J connectivity index is 1.83. The summed E-state index contributed by atoms with van der Waals surface area (Å²) in [6.45, 7) is 6.53. The van der Waals surface area contributed by atoms with Crippen molar-refractivity contribution in [3.05, 3.63) is 0 Å². The van der Waals surface area contributed by atoms with Gasteiger partial charge < -0.3 is 30.9 Å². The summed E-state index contributed by atoms with van der Waals surface area (Å²) in [5.41, 5.74) is 2.89. The number of amides is 5. The fourth-order valence-corrected chi connectivity index (χ4v) is 5.80. The second-order valence-corrected chi connectivity index (χ2v) is 13.0. The van der Waals surface area contributed by atoms with Crippen molar-refractivity contribution in [2.45, 2.75) is 122 Å². The lowest BCUT2D eigenvalue weighted by Crippen LogP contribution is -2.61. The van der Waals surface area contributed by atoms with E-state index in [1.165, 1.54) is 13.1 Å². The number of carboxylic acid groups (broad SMARTS) is 1. The van der Waals surface area contributed by atoms with Crippen molar-refractivity contribution in [1.29, 1.82) is 0 Å². The molecule has 3 rings (SSSR count). The van der Waals surface area contributed by atoms with Crippen molar-refractivity contribution < 1.29 is 48.5 Å². The maximum Gasteiger partial charge on any atom is 0.330 e. The van der Waals surface area contributed by atoms with Crippen LogP contribution >= 0.6 is 0 Å². The highest BCUT2D eigenvalue weighted by molar-refractivity contribution is 5.97. The summed E-state index contributed by atoms with van der Waals surface area (Å²) in [6.07, 6.45) is 2.71. The van der Waals surface area contributed by atoms with Gasteiger partial charge in [0.25, 0.3) is 5.91 Å². The zero-order chi connectivity index (χ0) is 35.5. The summed E-state index contributed by atoms with van der Waals surface area (Å²) in [5.74, 6) is -6.63. The Labute approximate surface area is 279 Å². The van der Waals surface area contributed by atoms with Crippen LogP contribution in [0.15, 0.2) is 5.10 Å². The van der Waals surface area contributed by atoms with Crippen LogP contribution in [0, 0.1) is 11.8 Å². The van der Waals surface area contributed by atoms with E-state index in [1.54, 1.807) is 6.92 Å². The summed E-state index contributed by atoms with van der Waals surface area (Å²) >= 11 is 0. The molecule has 0 aromatic rings. The van der Waals surface area contributed by atoms with Gasteiger partial charge in [-0.3, -0.25) is 33.8 Å². The third kappa shape index (κ3) is 10.7. The van der Waals surface area contributed by atoms with Crippen LogP contribution in [-0.4, -0.2) is 117 Å². The first-order valence-corrected chi connectivity index (χ1v) is 16.6. The molecule has 7 atom stereocenters. The van der Waals surface area contributed by atoms with E-state index in [9.17, 15) is 43.8 Å². The SMILES string of the molecule is CC(C)C[C@H]1NC(=O)[C@@H](NC(=O)C2CCC=NN2C(=O)CC(CCCC(C)O)C(=O)O)COC(=O)[C@H]2CCCNN2C(=O)[C@H](C)NC1=O. The molecule has 0 aromatic heterocycles. The molecule has 268 valence electrons. The molecule has 6 N–H and O–H groups in total. The second-order valence-electron chi connectivity index (χ2n) is 13.0. The third-order valence-electron chi connectivity index (χ3n) is 8.43. The fraction of sp³-hybridized carbons (Fsp3) is 0.742. The van der Waals surface area contributed by atoms with Gasteiger partial charge in [-0.2, -0.15) is 5.10 Å². The Morgan fingerprint density at radius 2 is 1.81 bits per heavy atom. The van der Waals surface area contributed by atoms with Gasteiger partial charge in [0.1, 0.15) is 36.8 Å². The van der Waals surface area contributed by atoms with Crippen LogP contribution in [0.25, 0.3) is 0 Å². The molecule has 3 aliphatic rings. The summed E-state index contributed by atoms with van der Waals surface area (Å²) < 4.78 is 5.48. The lowest BCUT2D eigenvalue weighted by atomic mass is 9.96. The topological polar surface area (TPSA) is 236 Å². The van der Waals surface area contributed by atoms with Crippen molar-refractivity contribution in [2.75, 3.05) is 13.2 Å². The Hall–Kier alpha value is -4.12. The van der Waals surface area contributed by atoms with Crippen molar-refractivity contribution in [2.24, 2.45) is 16.9 Å². The number of aliphatic hydroxyl groups is 1. The summed E-state index contributed by atoms with van der Waals surface area (Å²) in [4.78, 5) is 92.1. The first-order chi connectivity index (χ1) is 22.7. The number of carboxylic acids is 1. The number of fused-ring (bicyclic) bond motifs is 1. The Morgan fingerprint density at radius 3 is 2.48 bits per heavy atom. The molecule has 17 nitrogen and oxygen atoms in total. The summed E-state index contributed by atoms with van der Waals surface area (Å²) in [6, 6.07) is -5.85. The van der Waals surface area contributed by atoms with E-state index in [4.69, 9.17) is 4.74 Å². The lowest BCUT2D eigenvalue weighted by molar-refractivity contribution is -0.162. The Morgan fingerprint density at radius 1 is 1.08 bits per heavy atom. The summed E-state index contributed by atoms with van der Waals surface area (Å²) in [7, 11) is 0. The van der Waals surface area contributed by atoms with Gasteiger partial charge in [-0.05, 0) is 64.7 Å². The molecular formula is C31H49N7O10. The van der Waals surface area contributed by atoms with E-state index in [0.29, 0.717) is 32.2 Å². The molecule has 48 heavy (non-hydrogen) atoms. The maximum absolute atomic E-state index is 13.7. The molecule has 3 aliphatic heterocycles. The number of carbonyl (C=O) groups excluding carboxylic acids is 6. The van der Waals surface area contributed by atoms with Gasteiger partial charge in [0.2, 0.25) is 23.6 Å². The number of hydrazine groups is 1. The van der Waals surface area contributed by atoms with E-state index < -0.39 is 96.7 Å². The number of hydrogen-bond acceptors (Lipinski definition) is 11. The van der Waals surface area contributed by atoms with Crippen molar-refractivity contribution in [3.63, 3.8) is 0 Å². The summed E-state index contributed by atoms with van der Waals surface area (Å²) in [5, 5.41) is 33.1. The molecule has 17 heteroatoms. The molecule has 2 saturated heterocycles. The van der Waals surface area contributed by atoms with Crippen LogP contribution in [0.2, 0.25) is 0 Å². The number of nitrogens with one attached hydrogen (secondary N) is 4. The average molecular weight is 680 g/mol. The molecular weight excluding hydrogens is 630 g/mol. The van der Waals surface area contributed by atoms with E-state index in [1.807, 2.05) is 13.8 Å². The number of aliphatic carboxylic acids is 1. The van der Waals surface area contributed by atoms with Crippen LogP contribution in [0.4, 0.5) is 0 Å². The number of hydrazone groups is 1. The molecule has 0 saturated carbocycles. The van der Waals surface area contributed by atoms with Crippen LogP contribution in [0.3, 0.4) is 0 Å². The monoisotopic (exact) mass is 679 g/mol. The fourth-order valence-electron chi connectivity index (χ4n) is 5.80. The van der Waals surface area contributed by atoms with Gasteiger partial charge in [0.15, 0.2) is 0 Å². The highest BCUT2D eigenvalue weighted by Crippen LogP contribution is 2.21. The smallest absolute Gasteiger partial charge is 0.330 e. The molecule has 3 unspecified atom stereocenters. The van der Waals surface area contributed by atoms with Gasteiger partial charge in [0, 0.05) is 19.2 Å². The number of aliphatic hydroxyl groups excluding tert-OH is 1. The minimum Gasteiger partial charge on any atom is -0.481 e. The number of hydrogen-bond donors (Lipinski definition) is 6. The standard InChI is InChI=1S/C31H49N7O10/c1-17(2)14-21-26(41)34-19(4)29(44)38-24(11-7-13-33-38)31(47)48-16-22(27(42)35-21)36-28(43)23-10-6-12-32-37(23)25(40)15-20(30(45)46)9-5-8-18(3)39/h12,17-24,33,39H,5-11,13-16H2,1-4H3,(H,34,41)(H,35,42)(H,36,43)(H,45,46)/t18?,19-,20?,21+,22-,23?,24+/m0/s1. The van der Waals surface area contributed by atoms with Gasteiger partial charge in [-0.1, -0.05) is 20.3 Å². The van der Waals surface area contributed by atoms with E-state index in [-0.39, 0.29) is 31.6 Å². The van der Waals surface area contributed by atoms with E-state index >= 15 is 0 Å². The number of ether oxygens (including phenoxy) is 1. The number of esters is 1. The van der Waals surface area contributed by atoms with Crippen LogP contribution in [-0.2, 0) is 38.3 Å². The predicted octanol–water partition coefficient (Wildman–Crippen LogP) is -0.822. The highest BCUT2D eigenvalue weighted by atomic mass is 16.5. The van der Waals surface area contributed by atoms with Gasteiger partial charge in [-0.25, -0.2) is 15.2 Å². The van der Waals surface area contributed by atoms with Crippen molar-refractivity contribution >= 4 is 47.7 Å². The molecule has 0 aliphatic carbocycles. The first-order valence-electron chi connectivity index (χ1n) is 16.6. The quantitative estimate of drug-likeness (QED) is 0.148. The van der Waals surface area contributed by atoms with Gasteiger partial charge in [0.05, 0.1) is 12.0 Å². The average Bonchev–Trinajstić information content (AvgIpc) is 3.04. The predicted molar refractivity (Wildman–Crippen MR) is 169 cm³/mol. The highest BCUT2D eigenvalue weighted by Gasteiger charge is 2.40. The van der Waals surface area contributed by atoms with Crippen molar-refractivity contribution in [1.82, 2.24) is 31.4 Å². The van der Waals surface area contributed by atoms with Gasteiger partial charge >= 0.3 is 11.9 Å². The van der Waals surface area contributed by atoms with Gasteiger partial charge in [-0.15, -0.1) is 0 Å². The molecule has 0 radical (unpaired) electrons. The molecule has 3 heterocycles. The largest absolute Gasteiger partial charge is 0.481 e. The van der Waals surface area contributed by atoms with E-state index in [0.717, 1.165) is 10.0 Å². The molecule has 2 fully saturated rings. The molecule has 0 bridgehead atoms. The number of cyclic esters (lactones) is 1. The molecule has 0 aromatic carbocycles. The zero-order valence-corrected chi connectivity index (χ0v) is 28.0. The third-order valence-corrected chi connectivity index (χ3v) is 8.43. The van der Waals surface area contributed by atoms with Crippen LogP contribution in [0.1, 0.15) is 85.5 Å². The maximum atomic E-state index is 13.7. The lowest BCUT2D eigenvalue weighted by Gasteiger charge is -2.36. The zero-order valence-electron chi connectivity index (χ0n) is 28.0. The first kappa shape index (κ1) is 38.3. The second kappa shape index (κ2) is 17.9. The van der Waals surface area contributed by atoms with Crippen LogP contribution < -0.4 is 21.4 Å².